The molecule has 1 fully saturated rings. The zero-order valence-electron chi connectivity index (χ0n) is 13.6. The first-order valence-electron chi connectivity index (χ1n) is 8.18. The SMILES string of the molecule is CCCS(=O)(=O)N1CCCC(C(=O)NCCc2ccccn2)C1. The molecule has 7 heteroatoms. The van der Waals surface area contributed by atoms with E-state index in [0.717, 1.165) is 18.5 Å². The van der Waals surface area contributed by atoms with Crippen LogP contribution in [0.1, 0.15) is 31.9 Å². The molecular formula is C16H25N3O3S. The highest BCUT2D eigenvalue weighted by Crippen LogP contribution is 2.20. The molecule has 2 rings (SSSR count). The number of rotatable bonds is 7. The van der Waals surface area contributed by atoms with Gasteiger partial charge in [0.15, 0.2) is 0 Å². The van der Waals surface area contributed by atoms with Gasteiger partial charge in [-0.1, -0.05) is 13.0 Å². The average molecular weight is 339 g/mol. The first-order chi connectivity index (χ1) is 11.0. The Morgan fingerprint density at radius 3 is 2.96 bits per heavy atom. The van der Waals surface area contributed by atoms with E-state index in [9.17, 15) is 13.2 Å². The molecule has 1 atom stereocenters. The fraction of sp³-hybridized carbons (Fsp3) is 0.625. The van der Waals surface area contributed by atoms with E-state index >= 15 is 0 Å². The van der Waals surface area contributed by atoms with E-state index in [0.29, 0.717) is 32.5 Å². The molecule has 1 aromatic rings. The van der Waals surface area contributed by atoms with Gasteiger partial charge in [0.25, 0.3) is 0 Å². The summed E-state index contributed by atoms with van der Waals surface area (Å²) in [7, 11) is -3.22. The average Bonchev–Trinajstić information content (AvgIpc) is 2.56. The second-order valence-electron chi connectivity index (χ2n) is 5.88. The summed E-state index contributed by atoms with van der Waals surface area (Å²) in [4.78, 5) is 16.5. The minimum atomic E-state index is -3.22. The third-order valence-corrected chi connectivity index (χ3v) is 6.06. The van der Waals surface area contributed by atoms with Crippen LogP contribution in [0, 0.1) is 5.92 Å². The van der Waals surface area contributed by atoms with Gasteiger partial charge >= 0.3 is 0 Å². The van der Waals surface area contributed by atoms with Crippen LogP contribution < -0.4 is 5.32 Å². The largest absolute Gasteiger partial charge is 0.355 e. The molecule has 1 aliphatic rings. The van der Waals surface area contributed by atoms with Crippen molar-refractivity contribution in [3.63, 3.8) is 0 Å². The number of hydrogen-bond acceptors (Lipinski definition) is 4. The summed E-state index contributed by atoms with van der Waals surface area (Å²) in [6, 6.07) is 5.70. The Morgan fingerprint density at radius 2 is 2.26 bits per heavy atom. The van der Waals surface area contributed by atoms with Crippen molar-refractivity contribution in [2.45, 2.75) is 32.6 Å². The topological polar surface area (TPSA) is 79.4 Å². The molecular weight excluding hydrogens is 314 g/mol. The van der Waals surface area contributed by atoms with Crippen LogP contribution in [0.5, 0.6) is 0 Å². The summed E-state index contributed by atoms with van der Waals surface area (Å²) >= 11 is 0. The molecule has 0 radical (unpaired) electrons. The van der Waals surface area contributed by atoms with Crippen LogP contribution in [0.3, 0.4) is 0 Å². The van der Waals surface area contributed by atoms with Gasteiger partial charge < -0.3 is 5.32 Å². The first-order valence-corrected chi connectivity index (χ1v) is 9.79. The van der Waals surface area contributed by atoms with Crippen LogP contribution in [0.25, 0.3) is 0 Å². The normalized spacial score (nSPS) is 19.4. The quantitative estimate of drug-likeness (QED) is 0.809. The number of nitrogens with zero attached hydrogens (tertiary/aromatic N) is 2. The van der Waals surface area contributed by atoms with Crippen LogP contribution in [0.2, 0.25) is 0 Å². The summed E-state index contributed by atoms with van der Waals surface area (Å²) in [5.74, 6) is -0.155. The summed E-state index contributed by atoms with van der Waals surface area (Å²) in [6.07, 6.45) is 4.49. The Hall–Kier alpha value is -1.47. The minimum Gasteiger partial charge on any atom is -0.355 e. The maximum atomic E-state index is 12.3. The standard InChI is InChI=1S/C16H25N3O3S/c1-2-12-23(21,22)19-11-5-6-14(13-19)16(20)18-10-8-15-7-3-4-9-17-15/h3-4,7,9,14H,2,5-6,8,10-13H2,1H3,(H,18,20). The van der Waals surface area contributed by atoms with E-state index < -0.39 is 10.0 Å². The van der Waals surface area contributed by atoms with Gasteiger partial charge in [0, 0.05) is 37.9 Å². The summed E-state index contributed by atoms with van der Waals surface area (Å²) in [5, 5.41) is 2.90. The number of nitrogens with one attached hydrogen (secondary N) is 1. The van der Waals surface area contributed by atoms with Crippen LogP contribution in [-0.2, 0) is 21.2 Å². The summed E-state index contributed by atoms with van der Waals surface area (Å²) in [5.41, 5.74) is 0.934. The molecule has 1 unspecified atom stereocenters. The number of carbonyl (C=O) groups excluding carboxylic acids is 1. The summed E-state index contributed by atoms with van der Waals surface area (Å²) in [6.45, 7) is 3.20. The van der Waals surface area contributed by atoms with E-state index in [1.165, 1.54) is 4.31 Å². The van der Waals surface area contributed by atoms with Gasteiger partial charge in [0.1, 0.15) is 0 Å². The molecule has 0 saturated carbocycles. The van der Waals surface area contributed by atoms with Gasteiger partial charge in [-0.25, -0.2) is 12.7 Å². The van der Waals surface area contributed by atoms with Crippen molar-refractivity contribution in [2.75, 3.05) is 25.4 Å². The molecule has 0 spiro atoms. The summed E-state index contributed by atoms with van der Waals surface area (Å²) < 4.78 is 25.8. The Balaban J connectivity index is 1.82. The van der Waals surface area contributed by atoms with Crippen LogP contribution in [-0.4, -0.2) is 49.0 Å². The molecule has 1 aromatic heterocycles. The van der Waals surface area contributed by atoms with Crippen LogP contribution >= 0.6 is 0 Å². The molecule has 1 N–H and O–H groups in total. The highest BCUT2D eigenvalue weighted by atomic mass is 32.2. The van der Waals surface area contributed by atoms with Gasteiger partial charge in [-0.05, 0) is 31.4 Å². The smallest absolute Gasteiger partial charge is 0.224 e. The van der Waals surface area contributed by atoms with Gasteiger partial charge in [-0.15, -0.1) is 0 Å². The molecule has 128 valence electrons. The van der Waals surface area contributed by atoms with Gasteiger partial charge in [0.05, 0.1) is 11.7 Å². The van der Waals surface area contributed by atoms with Crippen LogP contribution in [0.15, 0.2) is 24.4 Å². The predicted molar refractivity (Wildman–Crippen MR) is 89.3 cm³/mol. The molecule has 1 amide bonds. The molecule has 23 heavy (non-hydrogen) atoms. The Labute approximate surface area is 138 Å². The first kappa shape index (κ1) is 17.9. The Bertz CT molecular complexity index is 604. The number of piperidine rings is 1. The fourth-order valence-corrected chi connectivity index (χ4v) is 4.39. The van der Waals surface area contributed by atoms with Gasteiger partial charge in [-0.3, -0.25) is 9.78 Å². The highest BCUT2D eigenvalue weighted by molar-refractivity contribution is 7.89. The molecule has 1 saturated heterocycles. The maximum absolute atomic E-state index is 12.3. The number of sulfonamides is 1. The van der Waals surface area contributed by atoms with Crippen molar-refractivity contribution in [2.24, 2.45) is 5.92 Å². The van der Waals surface area contributed by atoms with Crippen molar-refractivity contribution in [1.82, 2.24) is 14.6 Å². The lowest BCUT2D eigenvalue weighted by Gasteiger charge is -2.31. The molecule has 0 bridgehead atoms. The van der Waals surface area contributed by atoms with Crippen molar-refractivity contribution in [1.29, 1.82) is 0 Å². The number of pyridine rings is 1. The Morgan fingerprint density at radius 1 is 1.43 bits per heavy atom. The monoisotopic (exact) mass is 339 g/mol. The van der Waals surface area contributed by atoms with Crippen molar-refractivity contribution in [3.8, 4) is 0 Å². The molecule has 1 aliphatic heterocycles. The minimum absolute atomic E-state index is 0.0580. The van der Waals surface area contributed by atoms with Crippen molar-refractivity contribution < 1.29 is 13.2 Å². The lowest BCUT2D eigenvalue weighted by molar-refractivity contribution is -0.126. The van der Waals surface area contributed by atoms with E-state index in [-0.39, 0.29) is 17.6 Å². The lowest BCUT2D eigenvalue weighted by atomic mass is 9.99. The molecule has 0 aromatic carbocycles. The molecule has 2 heterocycles. The fourth-order valence-electron chi connectivity index (χ4n) is 2.80. The lowest BCUT2D eigenvalue weighted by Crippen LogP contribution is -2.46. The maximum Gasteiger partial charge on any atom is 0.224 e. The van der Waals surface area contributed by atoms with E-state index in [1.807, 2.05) is 25.1 Å². The molecule has 6 nitrogen and oxygen atoms in total. The Kier molecular flexibility index (Phi) is 6.53. The number of amides is 1. The van der Waals surface area contributed by atoms with Crippen LogP contribution in [0.4, 0.5) is 0 Å². The molecule has 0 aliphatic carbocycles. The second kappa shape index (κ2) is 8.40. The number of carbonyl (C=O) groups is 1. The van der Waals surface area contributed by atoms with Gasteiger partial charge in [-0.2, -0.15) is 0 Å². The van der Waals surface area contributed by atoms with Crippen molar-refractivity contribution >= 4 is 15.9 Å². The second-order valence-corrected chi connectivity index (χ2v) is 7.96. The number of hydrogen-bond donors (Lipinski definition) is 1. The predicted octanol–water partition coefficient (Wildman–Crippen LogP) is 1.19. The highest BCUT2D eigenvalue weighted by Gasteiger charge is 2.31. The third-order valence-electron chi connectivity index (χ3n) is 4.02. The van der Waals surface area contributed by atoms with Crippen molar-refractivity contribution in [3.05, 3.63) is 30.1 Å². The van der Waals surface area contributed by atoms with E-state index in [1.54, 1.807) is 6.20 Å². The zero-order valence-corrected chi connectivity index (χ0v) is 14.4. The zero-order chi connectivity index (χ0) is 16.7. The van der Waals surface area contributed by atoms with Gasteiger partial charge in [0.2, 0.25) is 15.9 Å². The number of aromatic nitrogens is 1. The third kappa shape index (κ3) is 5.28. The van der Waals surface area contributed by atoms with E-state index in [2.05, 4.69) is 10.3 Å². The van der Waals surface area contributed by atoms with E-state index in [4.69, 9.17) is 0 Å².